The number of hydrogen-bond acceptors (Lipinski definition) is 3. The van der Waals surface area contributed by atoms with Crippen LogP contribution in [0.1, 0.15) is 23.3 Å². The second-order valence-electron chi connectivity index (χ2n) is 4.12. The summed E-state index contributed by atoms with van der Waals surface area (Å²) in [6.45, 7) is 2.03. The van der Waals surface area contributed by atoms with E-state index in [1.54, 1.807) is 10.4 Å². The fraction of sp³-hybridized carbons (Fsp3) is 0.636. The molecule has 3 rings (SSSR count). The quantitative estimate of drug-likeness (QED) is 0.804. The van der Waals surface area contributed by atoms with Crippen molar-refractivity contribution >= 4 is 11.3 Å². The molecule has 2 aliphatic rings. The first-order chi connectivity index (χ1) is 6.92. The van der Waals surface area contributed by atoms with Crippen LogP contribution in [0.25, 0.3) is 0 Å². The molecule has 0 aromatic carbocycles. The van der Waals surface area contributed by atoms with Crippen LogP contribution in [0.15, 0.2) is 6.07 Å². The highest BCUT2D eigenvalue weighted by molar-refractivity contribution is 7.14. The molecule has 1 N–H and O–H groups in total. The highest BCUT2D eigenvalue weighted by Crippen LogP contribution is 2.35. The third kappa shape index (κ3) is 1.55. The van der Waals surface area contributed by atoms with Gasteiger partial charge in [-0.05, 0) is 37.3 Å². The van der Waals surface area contributed by atoms with Gasteiger partial charge in [0.15, 0.2) is 5.06 Å². The monoisotopic (exact) mass is 209 g/mol. The van der Waals surface area contributed by atoms with Crippen molar-refractivity contribution in [1.82, 2.24) is 5.32 Å². The molecular weight excluding hydrogens is 194 g/mol. The Morgan fingerprint density at radius 2 is 2.14 bits per heavy atom. The SMILES string of the molecule is c1c(OC2CNC2)sc2c1CCCC2. The Balaban J connectivity index is 1.74. The summed E-state index contributed by atoms with van der Waals surface area (Å²) in [5.74, 6) is 0. The smallest absolute Gasteiger partial charge is 0.174 e. The standard InChI is InChI=1S/C11H15NOS/c1-2-4-10-8(3-1)5-11(14-10)13-9-6-12-7-9/h5,9,12H,1-4,6-7H2. The van der Waals surface area contributed by atoms with Crippen LogP contribution >= 0.6 is 11.3 Å². The van der Waals surface area contributed by atoms with Crippen molar-refractivity contribution in [3.8, 4) is 5.06 Å². The van der Waals surface area contributed by atoms with Crippen molar-refractivity contribution in [2.45, 2.75) is 31.8 Å². The van der Waals surface area contributed by atoms with E-state index < -0.39 is 0 Å². The summed E-state index contributed by atoms with van der Waals surface area (Å²) in [7, 11) is 0. The second kappa shape index (κ2) is 3.55. The largest absolute Gasteiger partial charge is 0.478 e. The van der Waals surface area contributed by atoms with Gasteiger partial charge in [-0.2, -0.15) is 0 Å². The molecule has 14 heavy (non-hydrogen) atoms. The van der Waals surface area contributed by atoms with E-state index in [2.05, 4.69) is 11.4 Å². The van der Waals surface area contributed by atoms with E-state index in [9.17, 15) is 0 Å². The maximum atomic E-state index is 5.86. The van der Waals surface area contributed by atoms with Gasteiger partial charge in [0.1, 0.15) is 6.10 Å². The highest BCUT2D eigenvalue weighted by atomic mass is 32.1. The fourth-order valence-corrected chi connectivity index (χ4v) is 3.20. The third-order valence-corrected chi connectivity index (χ3v) is 4.13. The molecule has 1 saturated heterocycles. The van der Waals surface area contributed by atoms with Crippen LogP contribution in [0.3, 0.4) is 0 Å². The van der Waals surface area contributed by atoms with Gasteiger partial charge in [-0.15, -0.1) is 11.3 Å². The molecule has 1 aromatic heterocycles. The van der Waals surface area contributed by atoms with Crippen molar-refractivity contribution in [3.63, 3.8) is 0 Å². The molecule has 3 heteroatoms. The van der Waals surface area contributed by atoms with Gasteiger partial charge < -0.3 is 10.1 Å². The van der Waals surface area contributed by atoms with Crippen molar-refractivity contribution in [2.75, 3.05) is 13.1 Å². The van der Waals surface area contributed by atoms with E-state index in [1.807, 2.05) is 11.3 Å². The average Bonchev–Trinajstić information content (AvgIpc) is 2.53. The van der Waals surface area contributed by atoms with E-state index in [1.165, 1.54) is 25.7 Å². The van der Waals surface area contributed by atoms with E-state index in [0.717, 1.165) is 18.2 Å². The molecule has 1 fully saturated rings. The lowest BCUT2D eigenvalue weighted by Gasteiger charge is -2.26. The van der Waals surface area contributed by atoms with Crippen molar-refractivity contribution in [1.29, 1.82) is 0 Å². The zero-order chi connectivity index (χ0) is 9.38. The molecule has 0 atom stereocenters. The molecule has 1 aromatic rings. The predicted octanol–water partition coefficient (Wildman–Crippen LogP) is 1.98. The molecular formula is C11H15NOS. The van der Waals surface area contributed by atoms with E-state index in [-0.39, 0.29) is 0 Å². The molecule has 0 unspecified atom stereocenters. The van der Waals surface area contributed by atoms with Gasteiger partial charge in [-0.3, -0.25) is 0 Å². The number of thiophene rings is 1. The molecule has 0 saturated carbocycles. The van der Waals surface area contributed by atoms with Crippen LogP contribution in [-0.4, -0.2) is 19.2 Å². The Kier molecular flexibility index (Phi) is 2.22. The Morgan fingerprint density at radius 1 is 1.29 bits per heavy atom. The minimum absolute atomic E-state index is 0.426. The van der Waals surface area contributed by atoms with Gasteiger partial charge in [0.2, 0.25) is 0 Å². The second-order valence-corrected chi connectivity index (χ2v) is 5.22. The highest BCUT2D eigenvalue weighted by Gasteiger charge is 2.21. The Bertz CT molecular complexity index is 307. The molecule has 1 aliphatic heterocycles. The fourth-order valence-electron chi connectivity index (χ4n) is 2.03. The van der Waals surface area contributed by atoms with E-state index >= 15 is 0 Å². The summed E-state index contributed by atoms with van der Waals surface area (Å²) in [5, 5.41) is 4.36. The normalized spacial score (nSPS) is 21.4. The van der Waals surface area contributed by atoms with E-state index in [0.29, 0.717) is 6.10 Å². The van der Waals surface area contributed by atoms with E-state index in [4.69, 9.17) is 4.74 Å². The van der Waals surface area contributed by atoms with Gasteiger partial charge in [0.05, 0.1) is 0 Å². The van der Waals surface area contributed by atoms with Crippen molar-refractivity contribution in [2.24, 2.45) is 0 Å². The van der Waals surface area contributed by atoms with Gasteiger partial charge in [-0.1, -0.05) is 0 Å². The molecule has 1 aliphatic carbocycles. The van der Waals surface area contributed by atoms with Crippen LogP contribution in [0.2, 0.25) is 0 Å². The minimum Gasteiger partial charge on any atom is -0.478 e. The van der Waals surface area contributed by atoms with Crippen LogP contribution in [-0.2, 0) is 12.8 Å². The van der Waals surface area contributed by atoms with Crippen LogP contribution in [0.5, 0.6) is 5.06 Å². The third-order valence-electron chi connectivity index (χ3n) is 3.00. The number of aryl methyl sites for hydroxylation is 2. The first-order valence-corrected chi connectivity index (χ1v) is 6.22. The number of nitrogens with one attached hydrogen (secondary N) is 1. The zero-order valence-electron chi connectivity index (χ0n) is 8.21. The molecule has 76 valence electrons. The summed E-state index contributed by atoms with van der Waals surface area (Å²) in [4.78, 5) is 1.57. The molecule has 2 heterocycles. The van der Waals surface area contributed by atoms with Crippen molar-refractivity contribution in [3.05, 3.63) is 16.5 Å². The maximum Gasteiger partial charge on any atom is 0.174 e. The molecule has 0 radical (unpaired) electrons. The molecule has 2 nitrogen and oxygen atoms in total. The van der Waals surface area contributed by atoms with Gasteiger partial charge in [-0.25, -0.2) is 0 Å². The van der Waals surface area contributed by atoms with Gasteiger partial charge in [0, 0.05) is 18.0 Å². The Morgan fingerprint density at radius 3 is 2.86 bits per heavy atom. The Labute approximate surface area is 88.3 Å². The van der Waals surface area contributed by atoms with Crippen LogP contribution in [0, 0.1) is 0 Å². The Hall–Kier alpha value is -0.540. The number of hydrogen-bond donors (Lipinski definition) is 1. The summed E-state index contributed by atoms with van der Waals surface area (Å²) in [5.41, 5.74) is 1.54. The number of rotatable bonds is 2. The van der Waals surface area contributed by atoms with Crippen LogP contribution in [0.4, 0.5) is 0 Å². The molecule has 0 amide bonds. The topological polar surface area (TPSA) is 21.3 Å². The summed E-state index contributed by atoms with van der Waals surface area (Å²) in [6.07, 6.45) is 5.67. The van der Waals surface area contributed by atoms with Crippen molar-refractivity contribution < 1.29 is 4.74 Å². The first kappa shape index (κ1) is 8.74. The molecule has 0 bridgehead atoms. The number of ether oxygens (including phenoxy) is 1. The maximum absolute atomic E-state index is 5.86. The van der Waals surface area contributed by atoms with Gasteiger partial charge in [0.25, 0.3) is 0 Å². The number of fused-ring (bicyclic) bond motifs is 1. The van der Waals surface area contributed by atoms with Gasteiger partial charge >= 0.3 is 0 Å². The predicted molar refractivity (Wildman–Crippen MR) is 58.2 cm³/mol. The zero-order valence-corrected chi connectivity index (χ0v) is 9.03. The lowest BCUT2D eigenvalue weighted by molar-refractivity contribution is 0.147. The lowest BCUT2D eigenvalue weighted by Crippen LogP contribution is -2.50. The first-order valence-electron chi connectivity index (χ1n) is 5.41. The summed E-state index contributed by atoms with van der Waals surface area (Å²) in [6, 6.07) is 2.26. The molecule has 0 spiro atoms. The minimum atomic E-state index is 0.426. The lowest BCUT2D eigenvalue weighted by atomic mass is 10.00. The summed E-state index contributed by atoms with van der Waals surface area (Å²) >= 11 is 1.86. The average molecular weight is 209 g/mol. The van der Waals surface area contributed by atoms with Crippen LogP contribution < -0.4 is 10.1 Å². The summed E-state index contributed by atoms with van der Waals surface area (Å²) < 4.78 is 5.86.